The normalized spacial score (nSPS) is 17.6. The largest absolute Gasteiger partial charge is 0.414 e. The van der Waals surface area contributed by atoms with E-state index in [4.69, 9.17) is 4.74 Å². The van der Waals surface area contributed by atoms with E-state index in [-0.39, 0.29) is 12.2 Å². The van der Waals surface area contributed by atoms with Gasteiger partial charge in [0.25, 0.3) is 0 Å². The summed E-state index contributed by atoms with van der Waals surface area (Å²) in [4.78, 5) is 0. The Morgan fingerprint density at radius 3 is 2.42 bits per heavy atom. The third-order valence-electron chi connectivity index (χ3n) is 4.31. The summed E-state index contributed by atoms with van der Waals surface area (Å²) in [6, 6.07) is 10.8. The molecule has 1 aliphatic rings. The van der Waals surface area contributed by atoms with Gasteiger partial charge in [-0.25, -0.2) is 4.39 Å². The Kier molecular flexibility index (Phi) is 4.63. The molecule has 5 heteroatoms. The SMILES string of the molecule is CCCc1ccc(-c2cc(F)c3c(c2)COC(C(F)(F)F)C3)cc1. The molecule has 0 amide bonds. The first kappa shape index (κ1) is 17.0. The Labute approximate surface area is 138 Å². The van der Waals surface area contributed by atoms with E-state index in [1.807, 2.05) is 24.3 Å². The number of fused-ring (bicyclic) bond motifs is 1. The van der Waals surface area contributed by atoms with E-state index in [0.29, 0.717) is 11.1 Å². The predicted octanol–water partition coefficient (Wildman–Crippen LogP) is 5.45. The molecule has 1 aliphatic heterocycles. The second-order valence-corrected chi connectivity index (χ2v) is 6.09. The number of hydrogen-bond acceptors (Lipinski definition) is 1. The summed E-state index contributed by atoms with van der Waals surface area (Å²) in [5, 5.41) is 0. The van der Waals surface area contributed by atoms with Gasteiger partial charge in [0.1, 0.15) is 5.82 Å². The standard InChI is InChI=1S/C19H18F4O/c1-2-3-12-4-6-13(7-5-12)14-8-15-11-24-18(19(21,22)23)10-16(15)17(20)9-14/h4-9,18H,2-3,10-11H2,1H3. The van der Waals surface area contributed by atoms with E-state index in [1.165, 1.54) is 11.6 Å². The molecule has 0 radical (unpaired) electrons. The predicted molar refractivity (Wildman–Crippen MR) is 84.2 cm³/mol. The van der Waals surface area contributed by atoms with Crippen LogP contribution in [0.2, 0.25) is 0 Å². The van der Waals surface area contributed by atoms with Crippen molar-refractivity contribution in [2.75, 3.05) is 0 Å². The highest BCUT2D eigenvalue weighted by molar-refractivity contribution is 5.65. The van der Waals surface area contributed by atoms with E-state index in [1.54, 1.807) is 6.07 Å². The fourth-order valence-corrected chi connectivity index (χ4v) is 3.02. The summed E-state index contributed by atoms with van der Waals surface area (Å²) < 4.78 is 57.5. The quantitative estimate of drug-likeness (QED) is 0.676. The third kappa shape index (κ3) is 3.46. The fourth-order valence-electron chi connectivity index (χ4n) is 3.02. The molecule has 0 saturated heterocycles. The molecule has 0 N–H and O–H groups in total. The van der Waals surface area contributed by atoms with Gasteiger partial charge in [-0.2, -0.15) is 13.2 Å². The first-order chi connectivity index (χ1) is 11.4. The number of aryl methyl sites for hydroxylation is 1. The van der Waals surface area contributed by atoms with Gasteiger partial charge in [-0.1, -0.05) is 37.6 Å². The van der Waals surface area contributed by atoms with Crippen LogP contribution >= 0.6 is 0 Å². The molecule has 2 aromatic carbocycles. The average molecular weight is 338 g/mol. The lowest BCUT2D eigenvalue weighted by molar-refractivity contribution is -0.226. The first-order valence-corrected chi connectivity index (χ1v) is 7.97. The van der Waals surface area contributed by atoms with Crippen molar-refractivity contribution in [1.29, 1.82) is 0 Å². The fraction of sp³-hybridized carbons (Fsp3) is 0.368. The number of alkyl halides is 3. The molecule has 1 heterocycles. The summed E-state index contributed by atoms with van der Waals surface area (Å²) >= 11 is 0. The van der Waals surface area contributed by atoms with Crippen LogP contribution < -0.4 is 0 Å². The van der Waals surface area contributed by atoms with Gasteiger partial charge in [-0.05, 0) is 46.4 Å². The minimum atomic E-state index is -4.47. The minimum absolute atomic E-state index is 0.106. The zero-order valence-electron chi connectivity index (χ0n) is 13.3. The lowest BCUT2D eigenvalue weighted by atomic mass is 9.93. The molecule has 1 unspecified atom stereocenters. The maximum absolute atomic E-state index is 14.4. The second kappa shape index (κ2) is 6.55. The van der Waals surface area contributed by atoms with Gasteiger partial charge in [-0.15, -0.1) is 0 Å². The topological polar surface area (TPSA) is 9.23 Å². The molecule has 0 spiro atoms. The highest BCUT2D eigenvalue weighted by atomic mass is 19.4. The molecule has 0 saturated carbocycles. The van der Waals surface area contributed by atoms with E-state index in [9.17, 15) is 17.6 Å². The zero-order chi connectivity index (χ0) is 17.3. The highest BCUT2D eigenvalue weighted by Gasteiger charge is 2.43. The van der Waals surface area contributed by atoms with Crippen LogP contribution in [-0.4, -0.2) is 12.3 Å². The minimum Gasteiger partial charge on any atom is -0.364 e. The Hall–Kier alpha value is -1.88. The van der Waals surface area contributed by atoms with Crippen molar-refractivity contribution in [3.05, 3.63) is 58.9 Å². The second-order valence-electron chi connectivity index (χ2n) is 6.09. The van der Waals surface area contributed by atoms with Crippen LogP contribution in [0.15, 0.2) is 36.4 Å². The molecule has 2 aromatic rings. The van der Waals surface area contributed by atoms with E-state index in [2.05, 4.69) is 6.92 Å². The maximum atomic E-state index is 14.4. The van der Waals surface area contributed by atoms with Crippen LogP contribution in [0.25, 0.3) is 11.1 Å². The van der Waals surface area contributed by atoms with Crippen LogP contribution in [0, 0.1) is 5.82 Å². The molecular weight excluding hydrogens is 320 g/mol. The van der Waals surface area contributed by atoms with E-state index in [0.717, 1.165) is 18.4 Å². The Bertz CT molecular complexity index is 719. The molecule has 0 aromatic heterocycles. The number of hydrogen-bond donors (Lipinski definition) is 0. The summed E-state index contributed by atoms with van der Waals surface area (Å²) in [6.07, 6.45) is -4.85. The average Bonchev–Trinajstić information content (AvgIpc) is 2.54. The molecule has 1 atom stereocenters. The van der Waals surface area contributed by atoms with Crippen molar-refractivity contribution in [2.45, 2.75) is 45.1 Å². The molecule has 0 fully saturated rings. The molecular formula is C19H18F4O. The van der Waals surface area contributed by atoms with Crippen molar-refractivity contribution < 1.29 is 22.3 Å². The number of benzene rings is 2. The van der Waals surface area contributed by atoms with Gasteiger partial charge < -0.3 is 4.74 Å². The monoisotopic (exact) mass is 338 g/mol. The molecule has 1 nitrogen and oxygen atoms in total. The summed E-state index contributed by atoms with van der Waals surface area (Å²) in [7, 11) is 0. The van der Waals surface area contributed by atoms with Gasteiger partial charge in [-0.3, -0.25) is 0 Å². The molecule has 24 heavy (non-hydrogen) atoms. The summed E-state index contributed by atoms with van der Waals surface area (Å²) in [6.45, 7) is 1.87. The number of ether oxygens (including phenoxy) is 1. The van der Waals surface area contributed by atoms with Gasteiger partial charge in [0.2, 0.25) is 0 Å². The maximum Gasteiger partial charge on any atom is 0.414 e. The smallest absolute Gasteiger partial charge is 0.364 e. The van der Waals surface area contributed by atoms with Gasteiger partial charge in [0, 0.05) is 6.42 Å². The third-order valence-corrected chi connectivity index (χ3v) is 4.31. The first-order valence-electron chi connectivity index (χ1n) is 7.97. The van der Waals surface area contributed by atoms with Crippen molar-refractivity contribution in [3.8, 4) is 11.1 Å². The Morgan fingerprint density at radius 1 is 1.08 bits per heavy atom. The van der Waals surface area contributed by atoms with E-state index >= 15 is 0 Å². The van der Waals surface area contributed by atoms with Gasteiger partial charge in [0.05, 0.1) is 6.61 Å². The van der Waals surface area contributed by atoms with Crippen molar-refractivity contribution >= 4 is 0 Å². The Balaban J connectivity index is 1.89. The van der Waals surface area contributed by atoms with Gasteiger partial charge in [0.15, 0.2) is 6.10 Å². The zero-order valence-corrected chi connectivity index (χ0v) is 13.3. The lowest BCUT2D eigenvalue weighted by Crippen LogP contribution is -2.37. The van der Waals surface area contributed by atoms with E-state index < -0.39 is 24.5 Å². The number of rotatable bonds is 3. The summed E-state index contributed by atoms with van der Waals surface area (Å²) in [5.74, 6) is -0.599. The summed E-state index contributed by atoms with van der Waals surface area (Å²) in [5.41, 5.74) is 3.30. The van der Waals surface area contributed by atoms with Crippen LogP contribution in [0.1, 0.15) is 30.0 Å². The van der Waals surface area contributed by atoms with Crippen LogP contribution in [0.4, 0.5) is 17.6 Å². The van der Waals surface area contributed by atoms with Gasteiger partial charge >= 0.3 is 6.18 Å². The van der Waals surface area contributed by atoms with Crippen LogP contribution in [-0.2, 0) is 24.2 Å². The van der Waals surface area contributed by atoms with Crippen LogP contribution in [0.5, 0.6) is 0 Å². The van der Waals surface area contributed by atoms with Crippen molar-refractivity contribution in [3.63, 3.8) is 0 Å². The molecule has 128 valence electrons. The molecule has 0 aliphatic carbocycles. The Morgan fingerprint density at radius 2 is 1.79 bits per heavy atom. The number of halogens is 4. The van der Waals surface area contributed by atoms with Crippen molar-refractivity contribution in [1.82, 2.24) is 0 Å². The molecule has 3 rings (SSSR count). The lowest BCUT2D eigenvalue weighted by Gasteiger charge is -2.27. The van der Waals surface area contributed by atoms with Crippen molar-refractivity contribution in [2.24, 2.45) is 0 Å². The molecule has 0 bridgehead atoms. The van der Waals surface area contributed by atoms with Crippen LogP contribution in [0.3, 0.4) is 0 Å². The highest BCUT2D eigenvalue weighted by Crippen LogP contribution is 2.35.